The Morgan fingerprint density at radius 3 is 2.73 bits per heavy atom. The lowest BCUT2D eigenvalue weighted by Gasteiger charge is -2.16. The molecule has 0 aromatic rings. The Labute approximate surface area is 138 Å². The van der Waals surface area contributed by atoms with Crippen LogP contribution < -0.4 is 5.73 Å². The molecule has 2 heterocycles. The topological polar surface area (TPSA) is 64.7 Å². The third kappa shape index (κ3) is 5.49. The van der Waals surface area contributed by atoms with Crippen molar-refractivity contribution in [1.29, 1.82) is 0 Å². The standard InChI is InChI=1S/C17H30N2O2S/c1-2-3-4-5-6-9-13(20)10-7-8-11-15-16-14(12-22-15)19-17(18)21-16/h14-16H,2-12H2,1H3,(H2,18,19)/t14?,15-,16-/m0/s1. The van der Waals surface area contributed by atoms with Crippen LogP contribution in [0.1, 0.15) is 71.1 Å². The first kappa shape index (κ1) is 17.6. The van der Waals surface area contributed by atoms with Gasteiger partial charge in [0.05, 0.1) is 0 Å². The van der Waals surface area contributed by atoms with Gasteiger partial charge < -0.3 is 10.5 Å². The molecule has 2 aliphatic rings. The lowest BCUT2D eigenvalue weighted by molar-refractivity contribution is -0.119. The summed E-state index contributed by atoms with van der Waals surface area (Å²) in [7, 11) is 0. The van der Waals surface area contributed by atoms with Gasteiger partial charge in [-0.25, -0.2) is 4.99 Å². The van der Waals surface area contributed by atoms with Gasteiger partial charge in [0.15, 0.2) is 0 Å². The quantitative estimate of drug-likeness (QED) is 0.588. The van der Waals surface area contributed by atoms with Crippen molar-refractivity contribution in [2.24, 2.45) is 10.7 Å². The Kier molecular flexibility index (Phi) is 7.56. The van der Waals surface area contributed by atoms with Crippen molar-refractivity contribution in [2.75, 3.05) is 5.75 Å². The lowest BCUT2D eigenvalue weighted by atomic mass is 10.0. The third-order valence-electron chi connectivity index (χ3n) is 4.53. The van der Waals surface area contributed by atoms with E-state index in [0.29, 0.717) is 17.1 Å². The molecule has 2 aliphatic heterocycles. The van der Waals surface area contributed by atoms with E-state index in [4.69, 9.17) is 10.5 Å². The summed E-state index contributed by atoms with van der Waals surface area (Å²) in [6.45, 7) is 2.22. The Balaban J connectivity index is 1.48. The van der Waals surface area contributed by atoms with Crippen LogP contribution >= 0.6 is 11.8 Å². The van der Waals surface area contributed by atoms with Crippen molar-refractivity contribution in [3.63, 3.8) is 0 Å². The van der Waals surface area contributed by atoms with Gasteiger partial charge in [-0.3, -0.25) is 4.79 Å². The van der Waals surface area contributed by atoms with Crippen molar-refractivity contribution in [3.8, 4) is 0 Å². The highest BCUT2D eigenvalue weighted by molar-refractivity contribution is 8.00. The molecule has 0 radical (unpaired) electrons. The van der Waals surface area contributed by atoms with E-state index in [1.54, 1.807) is 0 Å². The fraction of sp³-hybridized carbons (Fsp3) is 0.882. The molecule has 2 rings (SSSR count). The van der Waals surface area contributed by atoms with Gasteiger partial charge in [0.25, 0.3) is 6.02 Å². The van der Waals surface area contributed by atoms with E-state index < -0.39 is 0 Å². The largest absolute Gasteiger partial charge is 0.459 e. The summed E-state index contributed by atoms with van der Waals surface area (Å²) >= 11 is 1.94. The first-order chi connectivity index (χ1) is 10.7. The maximum Gasteiger partial charge on any atom is 0.282 e. The predicted octanol–water partition coefficient (Wildman–Crippen LogP) is 3.67. The van der Waals surface area contributed by atoms with Crippen LogP contribution in [0.3, 0.4) is 0 Å². The number of rotatable bonds is 11. The Morgan fingerprint density at radius 1 is 1.23 bits per heavy atom. The van der Waals surface area contributed by atoms with Crippen molar-refractivity contribution >= 4 is 23.6 Å². The van der Waals surface area contributed by atoms with Crippen molar-refractivity contribution < 1.29 is 9.53 Å². The summed E-state index contributed by atoms with van der Waals surface area (Å²) in [5.74, 6) is 1.46. The molecule has 0 aromatic carbocycles. The van der Waals surface area contributed by atoms with Gasteiger partial charge in [-0.15, -0.1) is 0 Å². The van der Waals surface area contributed by atoms with Crippen LogP contribution in [0.2, 0.25) is 0 Å². The first-order valence-corrected chi connectivity index (χ1v) is 9.88. The van der Waals surface area contributed by atoms with Crippen LogP contribution in [0.4, 0.5) is 0 Å². The number of thioether (sulfide) groups is 1. The molecule has 1 saturated heterocycles. The predicted molar refractivity (Wildman–Crippen MR) is 93.4 cm³/mol. The summed E-state index contributed by atoms with van der Waals surface area (Å²) < 4.78 is 5.60. The Morgan fingerprint density at radius 2 is 1.95 bits per heavy atom. The van der Waals surface area contributed by atoms with Crippen LogP contribution in [-0.2, 0) is 9.53 Å². The number of ether oxygens (including phenoxy) is 1. The van der Waals surface area contributed by atoms with Crippen LogP contribution in [0.5, 0.6) is 0 Å². The second-order valence-corrected chi connectivity index (χ2v) is 7.71. The van der Waals surface area contributed by atoms with Gasteiger partial charge in [-0.1, -0.05) is 39.0 Å². The van der Waals surface area contributed by atoms with E-state index in [2.05, 4.69) is 11.9 Å². The monoisotopic (exact) mass is 326 g/mol. The molecule has 1 fully saturated rings. The minimum absolute atomic E-state index is 0.180. The molecule has 1 unspecified atom stereocenters. The number of nitrogens with zero attached hydrogens (tertiary/aromatic N) is 1. The van der Waals surface area contributed by atoms with E-state index in [9.17, 15) is 4.79 Å². The van der Waals surface area contributed by atoms with Crippen LogP contribution in [0.15, 0.2) is 4.99 Å². The number of carbonyl (C=O) groups excluding carboxylic acids is 1. The second-order valence-electron chi connectivity index (χ2n) is 6.44. The number of Topliss-reactive ketones (excluding diaryl/α,β-unsaturated/α-hetero) is 1. The van der Waals surface area contributed by atoms with Crippen molar-refractivity contribution in [3.05, 3.63) is 0 Å². The molecule has 4 nitrogen and oxygen atoms in total. The second kappa shape index (κ2) is 9.43. The normalized spacial score (nSPS) is 26.6. The number of hydrogen-bond acceptors (Lipinski definition) is 5. The summed E-state index contributed by atoms with van der Waals surface area (Å²) in [6, 6.07) is 0.623. The average molecular weight is 327 g/mol. The average Bonchev–Trinajstić information content (AvgIpc) is 3.03. The summed E-state index contributed by atoms with van der Waals surface area (Å²) in [6.07, 6.45) is 11.0. The van der Waals surface area contributed by atoms with E-state index in [0.717, 1.165) is 44.3 Å². The fourth-order valence-electron chi connectivity index (χ4n) is 3.22. The number of nitrogens with two attached hydrogens (primary N) is 1. The molecule has 22 heavy (non-hydrogen) atoms. The summed E-state index contributed by atoms with van der Waals surface area (Å²) in [4.78, 5) is 16.1. The van der Waals surface area contributed by atoms with Crippen LogP contribution in [0, 0.1) is 0 Å². The van der Waals surface area contributed by atoms with Gasteiger partial charge in [0.1, 0.15) is 17.9 Å². The number of carbonyl (C=O) groups is 1. The van der Waals surface area contributed by atoms with Gasteiger partial charge in [-0.05, 0) is 19.3 Å². The summed E-state index contributed by atoms with van der Waals surface area (Å²) in [5.41, 5.74) is 5.63. The van der Waals surface area contributed by atoms with E-state index in [1.165, 1.54) is 25.7 Å². The molecule has 3 atom stereocenters. The maximum absolute atomic E-state index is 11.8. The minimum Gasteiger partial charge on any atom is -0.459 e. The van der Waals surface area contributed by atoms with Crippen LogP contribution in [-0.4, -0.2) is 35.0 Å². The summed E-state index contributed by atoms with van der Waals surface area (Å²) in [5, 5.41) is 0.499. The smallest absolute Gasteiger partial charge is 0.282 e. The van der Waals surface area contributed by atoms with Gasteiger partial charge >= 0.3 is 0 Å². The number of fused-ring (bicyclic) bond motifs is 1. The van der Waals surface area contributed by atoms with Gasteiger partial charge in [-0.2, -0.15) is 11.8 Å². The Bertz CT molecular complexity index is 387. The van der Waals surface area contributed by atoms with Crippen LogP contribution in [0.25, 0.3) is 0 Å². The highest BCUT2D eigenvalue weighted by Gasteiger charge is 2.42. The zero-order valence-corrected chi connectivity index (χ0v) is 14.6. The molecule has 0 aliphatic carbocycles. The molecule has 0 spiro atoms. The van der Waals surface area contributed by atoms with Gasteiger partial charge in [0.2, 0.25) is 0 Å². The number of ketones is 1. The molecule has 2 N–H and O–H groups in total. The van der Waals surface area contributed by atoms with E-state index in [-0.39, 0.29) is 12.1 Å². The zero-order valence-electron chi connectivity index (χ0n) is 13.8. The Hall–Kier alpha value is -0.710. The molecular formula is C17H30N2O2S. The number of hydrogen-bond donors (Lipinski definition) is 1. The lowest BCUT2D eigenvalue weighted by Crippen LogP contribution is -2.28. The SMILES string of the molecule is CCCCCCCC(=O)CCCC[C@@H]1SCC2N=C(N)O[C@@H]21. The molecule has 0 bridgehead atoms. The first-order valence-electron chi connectivity index (χ1n) is 8.84. The highest BCUT2D eigenvalue weighted by Crippen LogP contribution is 2.37. The van der Waals surface area contributed by atoms with E-state index >= 15 is 0 Å². The molecule has 0 saturated carbocycles. The third-order valence-corrected chi connectivity index (χ3v) is 6.00. The van der Waals surface area contributed by atoms with Gasteiger partial charge in [0, 0.05) is 23.8 Å². The molecule has 0 amide bonds. The molecular weight excluding hydrogens is 296 g/mol. The highest BCUT2D eigenvalue weighted by atomic mass is 32.2. The van der Waals surface area contributed by atoms with Crippen molar-refractivity contribution in [2.45, 2.75) is 88.5 Å². The van der Waals surface area contributed by atoms with E-state index in [1.807, 2.05) is 11.8 Å². The maximum atomic E-state index is 11.8. The molecule has 0 aromatic heterocycles. The number of aliphatic imine (C=N–C) groups is 1. The molecule has 126 valence electrons. The fourth-order valence-corrected chi connectivity index (χ4v) is 4.69. The number of unbranched alkanes of at least 4 members (excludes halogenated alkanes) is 5. The zero-order chi connectivity index (χ0) is 15.8. The minimum atomic E-state index is 0.180. The number of amidine groups is 1. The van der Waals surface area contributed by atoms with Crippen molar-refractivity contribution in [1.82, 2.24) is 0 Å². The molecule has 5 heteroatoms.